The molecular formula is C9H16O. The summed E-state index contributed by atoms with van der Waals surface area (Å²) in [6, 6.07) is 0. The zero-order valence-corrected chi connectivity index (χ0v) is 7.02. The molecule has 0 rings (SSSR count). The van der Waals surface area contributed by atoms with Crippen LogP contribution in [0.2, 0.25) is 0 Å². The number of aliphatic hydroxyl groups is 1. The highest BCUT2D eigenvalue weighted by atomic mass is 16.2. The Morgan fingerprint density at radius 2 is 2.00 bits per heavy atom. The standard InChI is InChI=1S/C9H16O/c1-4-8(2)7-9(3)5-6-10/h4,7,10H,5-6H2,1-3H3/b8-4+,9-7+. The maximum Gasteiger partial charge on any atom is 0.0468 e. The van der Waals surface area contributed by atoms with Gasteiger partial charge in [0.15, 0.2) is 0 Å². The summed E-state index contributed by atoms with van der Waals surface area (Å²) in [6.07, 6.45) is 4.93. The average molecular weight is 140 g/mol. The zero-order chi connectivity index (χ0) is 7.98. The highest BCUT2D eigenvalue weighted by Crippen LogP contribution is 2.03. The van der Waals surface area contributed by atoms with Crippen molar-refractivity contribution in [2.24, 2.45) is 0 Å². The fraction of sp³-hybridized carbons (Fsp3) is 0.556. The Labute approximate surface area is 63.1 Å². The summed E-state index contributed by atoms with van der Waals surface area (Å²) in [4.78, 5) is 0. The Morgan fingerprint density at radius 3 is 2.40 bits per heavy atom. The van der Waals surface area contributed by atoms with Gasteiger partial charge >= 0.3 is 0 Å². The molecule has 0 aromatic heterocycles. The van der Waals surface area contributed by atoms with Crippen LogP contribution in [-0.2, 0) is 0 Å². The van der Waals surface area contributed by atoms with Gasteiger partial charge in [0.1, 0.15) is 0 Å². The van der Waals surface area contributed by atoms with E-state index in [1.165, 1.54) is 11.1 Å². The molecule has 1 heteroatoms. The molecule has 0 heterocycles. The maximum atomic E-state index is 8.56. The highest BCUT2D eigenvalue weighted by molar-refractivity contribution is 5.19. The molecule has 0 amide bonds. The topological polar surface area (TPSA) is 20.2 Å². The summed E-state index contributed by atoms with van der Waals surface area (Å²) in [5.74, 6) is 0. The van der Waals surface area contributed by atoms with Crippen LogP contribution in [0.1, 0.15) is 27.2 Å². The van der Waals surface area contributed by atoms with Crippen molar-refractivity contribution in [3.63, 3.8) is 0 Å². The molecule has 0 aromatic rings. The first kappa shape index (κ1) is 9.44. The molecule has 0 aliphatic rings. The molecule has 58 valence electrons. The molecule has 1 N–H and O–H groups in total. The smallest absolute Gasteiger partial charge is 0.0468 e. The summed E-state index contributed by atoms with van der Waals surface area (Å²) in [5, 5.41) is 8.56. The lowest BCUT2D eigenvalue weighted by atomic mass is 10.1. The van der Waals surface area contributed by atoms with E-state index in [4.69, 9.17) is 5.11 Å². The van der Waals surface area contributed by atoms with E-state index >= 15 is 0 Å². The van der Waals surface area contributed by atoms with Crippen LogP contribution in [0.25, 0.3) is 0 Å². The lowest BCUT2D eigenvalue weighted by Crippen LogP contribution is -1.83. The van der Waals surface area contributed by atoms with Gasteiger partial charge in [-0.1, -0.05) is 23.3 Å². The summed E-state index contributed by atoms with van der Waals surface area (Å²) in [6.45, 7) is 6.35. The quantitative estimate of drug-likeness (QED) is 0.596. The highest BCUT2D eigenvalue weighted by Gasteiger charge is 1.86. The average Bonchev–Trinajstić information content (AvgIpc) is 1.88. The molecule has 0 atom stereocenters. The van der Waals surface area contributed by atoms with Crippen LogP contribution < -0.4 is 0 Å². The Hall–Kier alpha value is -0.560. The van der Waals surface area contributed by atoms with Gasteiger partial charge in [0.2, 0.25) is 0 Å². The number of rotatable bonds is 3. The molecule has 0 spiro atoms. The SMILES string of the molecule is C/C=C(C)/C=C(\C)CCO. The van der Waals surface area contributed by atoms with Crippen molar-refractivity contribution in [2.45, 2.75) is 27.2 Å². The van der Waals surface area contributed by atoms with Gasteiger partial charge < -0.3 is 5.11 Å². The third kappa shape index (κ3) is 4.33. The van der Waals surface area contributed by atoms with Gasteiger partial charge in [-0.2, -0.15) is 0 Å². The molecule has 0 fully saturated rings. The van der Waals surface area contributed by atoms with E-state index in [0.717, 1.165) is 6.42 Å². The lowest BCUT2D eigenvalue weighted by Gasteiger charge is -1.96. The van der Waals surface area contributed by atoms with Gasteiger partial charge in [-0.05, 0) is 27.2 Å². The monoisotopic (exact) mass is 140 g/mol. The summed E-state index contributed by atoms with van der Waals surface area (Å²) < 4.78 is 0. The van der Waals surface area contributed by atoms with Crippen molar-refractivity contribution >= 4 is 0 Å². The molecule has 0 radical (unpaired) electrons. The summed E-state index contributed by atoms with van der Waals surface area (Å²) >= 11 is 0. The van der Waals surface area contributed by atoms with Crippen LogP contribution in [0.3, 0.4) is 0 Å². The molecule has 0 bridgehead atoms. The first-order valence-corrected chi connectivity index (χ1v) is 3.61. The van der Waals surface area contributed by atoms with Crippen molar-refractivity contribution in [1.29, 1.82) is 0 Å². The van der Waals surface area contributed by atoms with Crippen LogP contribution in [0.15, 0.2) is 23.3 Å². The predicted octanol–water partition coefficient (Wildman–Crippen LogP) is 2.28. The van der Waals surface area contributed by atoms with Crippen molar-refractivity contribution < 1.29 is 5.11 Å². The van der Waals surface area contributed by atoms with Crippen molar-refractivity contribution in [2.75, 3.05) is 6.61 Å². The lowest BCUT2D eigenvalue weighted by molar-refractivity contribution is 0.299. The fourth-order valence-electron chi connectivity index (χ4n) is 0.721. The Bertz CT molecular complexity index is 143. The molecular weight excluding hydrogens is 124 g/mol. The van der Waals surface area contributed by atoms with Gasteiger partial charge in [-0.15, -0.1) is 0 Å². The third-order valence-corrected chi connectivity index (χ3v) is 1.44. The molecule has 0 aliphatic heterocycles. The van der Waals surface area contributed by atoms with Crippen LogP contribution in [0.4, 0.5) is 0 Å². The minimum Gasteiger partial charge on any atom is -0.396 e. The second-order valence-electron chi connectivity index (χ2n) is 2.50. The minimum atomic E-state index is 0.249. The first-order valence-electron chi connectivity index (χ1n) is 3.61. The van der Waals surface area contributed by atoms with Crippen LogP contribution in [0.5, 0.6) is 0 Å². The molecule has 0 aliphatic carbocycles. The van der Waals surface area contributed by atoms with Gasteiger partial charge in [0, 0.05) is 6.61 Å². The number of aliphatic hydroxyl groups excluding tert-OH is 1. The van der Waals surface area contributed by atoms with Gasteiger partial charge in [-0.3, -0.25) is 0 Å². The van der Waals surface area contributed by atoms with Crippen LogP contribution >= 0.6 is 0 Å². The number of hydrogen-bond acceptors (Lipinski definition) is 1. The Morgan fingerprint density at radius 1 is 1.40 bits per heavy atom. The molecule has 0 unspecified atom stereocenters. The van der Waals surface area contributed by atoms with Gasteiger partial charge in [0.05, 0.1) is 0 Å². The second-order valence-corrected chi connectivity index (χ2v) is 2.50. The van der Waals surface area contributed by atoms with E-state index in [1.54, 1.807) is 0 Å². The summed E-state index contributed by atoms with van der Waals surface area (Å²) in [5.41, 5.74) is 2.49. The van der Waals surface area contributed by atoms with E-state index in [1.807, 2.05) is 13.8 Å². The zero-order valence-electron chi connectivity index (χ0n) is 7.02. The van der Waals surface area contributed by atoms with E-state index in [0.29, 0.717) is 0 Å². The Balaban J connectivity index is 3.90. The normalized spacial score (nSPS) is 14.0. The second kappa shape index (κ2) is 5.24. The molecule has 10 heavy (non-hydrogen) atoms. The third-order valence-electron chi connectivity index (χ3n) is 1.44. The predicted molar refractivity (Wildman–Crippen MR) is 44.9 cm³/mol. The maximum absolute atomic E-state index is 8.56. The van der Waals surface area contributed by atoms with E-state index in [2.05, 4.69) is 19.1 Å². The minimum absolute atomic E-state index is 0.249. The van der Waals surface area contributed by atoms with Gasteiger partial charge in [0.25, 0.3) is 0 Å². The molecule has 0 saturated heterocycles. The molecule has 0 aromatic carbocycles. The van der Waals surface area contributed by atoms with Crippen LogP contribution in [-0.4, -0.2) is 11.7 Å². The number of hydrogen-bond donors (Lipinski definition) is 1. The Kier molecular flexibility index (Phi) is 4.95. The largest absolute Gasteiger partial charge is 0.396 e. The van der Waals surface area contributed by atoms with Crippen molar-refractivity contribution in [1.82, 2.24) is 0 Å². The van der Waals surface area contributed by atoms with Crippen molar-refractivity contribution in [3.05, 3.63) is 23.3 Å². The first-order chi connectivity index (χ1) is 4.70. The summed E-state index contributed by atoms with van der Waals surface area (Å²) in [7, 11) is 0. The van der Waals surface area contributed by atoms with Crippen LogP contribution in [0, 0.1) is 0 Å². The van der Waals surface area contributed by atoms with Crippen molar-refractivity contribution in [3.8, 4) is 0 Å². The fourth-order valence-corrected chi connectivity index (χ4v) is 0.721. The van der Waals surface area contributed by atoms with E-state index in [9.17, 15) is 0 Å². The molecule has 1 nitrogen and oxygen atoms in total. The van der Waals surface area contributed by atoms with E-state index in [-0.39, 0.29) is 6.61 Å². The van der Waals surface area contributed by atoms with Gasteiger partial charge in [-0.25, -0.2) is 0 Å². The number of allylic oxidation sites excluding steroid dienone is 3. The van der Waals surface area contributed by atoms with E-state index < -0.39 is 0 Å². The molecule has 0 saturated carbocycles.